The van der Waals surface area contributed by atoms with Gasteiger partial charge in [0.2, 0.25) is 5.91 Å². The summed E-state index contributed by atoms with van der Waals surface area (Å²) in [6, 6.07) is 7.43. The molecule has 2 heterocycles. The van der Waals surface area contributed by atoms with Crippen molar-refractivity contribution in [3.05, 3.63) is 52.6 Å². The highest BCUT2D eigenvalue weighted by Crippen LogP contribution is 2.28. The average Bonchev–Trinajstić information content (AvgIpc) is 3.17. The zero-order valence-electron chi connectivity index (χ0n) is 20.4. The van der Waals surface area contributed by atoms with Gasteiger partial charge in [0, 0.05) is 25.6 Å². The van der Waals surface area contributed by atoms with Gasteiger partial charge in [0.1, 0.15) is 29.9 Å². The van der Waals surface area contributed by atoms with Gasteiger partial charge < -0.3 is 40.5 Å². The van der Waals surface area contributed by atoms with Crippen molar-refractivity contribution in [2.75, 3.05) is 25.1 Å². The van der Waals surface area contributed by atoms with E-state index in [0.29, 0.717) is 6.42 Å². The molecule has 38 heavy (non-hydrogen) atoms. The van der Waals surface area contributed by atoms with Crippen LogP contribution in [-0.4, -0.2) is 85.8 Å². The molecule has 0 bridgehead atoms. The van der Waals surface area contributed by atoms with Crippen molar-refractivity contribution >= 4 is 23.6 Å². The number of hydrogen-bond donors (Lipinski definition) is 6. The summed E-state index contributed by atoms with van der Waals surface area (Å²) >= 11 is 0. The first-order chi connectivity index (χ1) is 18.2. The summed E-state index contributed by atoms with van der Waals surface area (Å²) in [6.07, 6.45) is -3.39. The second-order valence-electron chi connectivity index (χ2n) is 8.48. The normalized spacial score (nSPS) is 20.6. The van der Waals surface area contributed by atoms with E-state index in [1.807, 2.05) is 0 Å². The maximum Gasteiger partial charge on any atom is 0.351 e. The number of aromatic hydroxyl groups is 1. The van der Waals surface area contributed by atoms with Gasteiger partial charge in [-0.05, 0) is 31.0 Å². The predicted octanol–water partition coefficient (Wildman–Crippen LogP) is -0.967. The molecule has 2 aromatic rings. The van der Waals surface area contributed by atoms with E-state index in [-0.39, 0.29) is 49.5 Å². The standard InChI is InChI=1S/C24H30N4O10/c29-13-16-20(33)21(34)23(38-16)28-11-9-17(27-24(28)36)26-18(31)7-3-8-19(32)37-12-4-10-25-22(35)14-5-1-2-6-15(14)30/h1-2,5-6,9,11,16,20-21,23,29-30,33-34H,3-4,7-8,10,12-13H2,(H,25,35)(H,26,27,31,36). The number of amides is 2. The number of para-hydroxylation sites is 1. The van der Waals surface area contributed by atoms with Crippen LogP contribution in [0.15, 0.2) is 41.3 Å². The third-order valence-electron chi connectivity index (χ3n) is 5.69. The number of phenols is 1. The topological polar surface area (TPSA) is 210 Å². The number of aromatic nitrogens is 2. The zero-order chi connectivity index (χ0) is 27.7. The van der Waals surface area contributed by atoms with E-state index in [1.54, 1.807) is 12.1 Å². The number of carbonyl (C=O) groups excluding carboxylic acids is 3. The van der Waals surface area contributed by atoms with Crippen LogP contribution in [0.2, 0.25) is 0 Å². The molecular weight excluding hydrogens is 504 g/mol. The lowest BCUT2D eigenvalue weighted by Gasteiger charge is -2.17. The predicted molar refractivity (Wildman–Crippen MR) is 130 cm³/mol. The van der Waals surface area contributed by atoms with E-state index in [9.17, 15) is 34.5 Å². The molecule has 1 saturated heterocycles. The summed E-state index contributed by atoms with van der Waals surface area (Å²) in [5.74, 6) is -1.61. The smallest absolute Gasteiger partial charge is 0.351 e. The number of carbonyl (C=O) groups is 3. The van der Waals surface area contributed by atoms with Gasteiger partial charge >= 0.3 is 11.7 Å². The number of nitrogens with one attached hydrogen (secondary N) is 2. The summed E-state index contributed by atoms with van der Waals surface area (Å²) in [6.45, 7) is -0.234. The molecule has 14 heteroatoms. The van der Waals surface area contributed by atoms with Crippen LogP contribution < -0.4 is 16.3 Å². The number of phenolic OH excluding ortho intramolecular Hbond substituents is 1. The molecule has 0 spiro atoms. The molecule has 6 N–H and O–H groups in total. The maximum absolute atomic E-state index is 12.3. The molecule has 0 radical (unpaired) electrons. The van der Waals surface area contributed by atoms with Crippen molar-refractivity contribution in [2.45, 2.75) is 50.2 Å². The number of hydrogen-bond acceptors (Lipinski definition) is 11. The van der Waals surface area contributed by atoms with Crippen LogP contribution in [0.4, 0.5) is 5.82 Å². The highest BCUT2D eigenvalue weighted by atomic mass is 16.6. The number of benzene rings is 1. The van der Waals surface area contributed by atoms with Crippen LogP contribution in [-0.2, 0) is 19.1 Å². The second-order valence-corrected chi connectivity index (χ2v) is 8.48. The molecule has 3 rings (SSSR count). The van der Waals surface area contributed by atoms with Gasteiger partial charge in [0.25, 0.3) is 5.91 Å². The molecule has 0 aliphatic carbocycles. The Morgan fingerprint density at radius 3 is 2.53 bits per heavy atom. The highest BCUT2D eigenvalue weighted by molar-refractivity contribution is 5.96. The second kappa shape index (κ2) is 13.6. The molecule has 14 nitrogen and oxygen atoms in total. The third kappa shape index (κ3) is 7.58. The van der Waals surface area contributed by atoms with Crippen molar-refractivity contribution in [1.82, 2.24) is 14.9 Å². The van der Waals surface area contributed by atoms with E-state index in [0.717, 1.165) is 4.57 Å². The number of anilines is 1. The minimum Gasteiger partial charge on any atom is -0.507 e. The van der Waals surface area contributed by atoms with Gasteiger partial charge in [-0.1, -0.05) is 12.1 Å². The Bertz CT molecular complexity index is 1190. The lowest BCUT2D eigenvalue weighted by Crippen LogP contribution is -2.36. The molecule has 206 valence electrons. The fraction of sp³-hybridized carbons (Fsp3) is 0.458. The first-order valence-corrected chi connectivity index (χ1v) is 11.9. The molecule has 0 saturated carbocycles. The van der Waals surface area contributed by atoms with Gasteiger partial charge in [-0.15, -0.1) is 0 Å². The molecule has 1 aromatic heterocycles. The average molecular weight is 535 g/mol. The van der Waals surface area contributed by atoms with E-state index in [1.165, 1.54) is 24.4 Å². The third-order valence-corrected chi connectivity index (χ3v) is 5.69. The van der Waals surface area contributed by atoms with Gasteiger partial charge in [0.15, 0.2) is 6.23 Å². The van der Waals surface area contributed by atoms with Crippen molar-refractivity contribution < 1.29 is 44.3 Å². The minimum atomic E-state index is -1.45. The van der Waals surface area contributed by atoms with Crippen LogP contribution in [0.1, 0.15) is 42.3 Å². The van der Waals surface area contributed by atoms with E-state index in [4.69, 9.17) is 14.6 Å². The monoisotopic (exact) mass is 534 g/mol. The number of aliphatic hydroxyl groups is 3. The largest absolute Gasteiger partial charge is 0.507 e. The fourth-order valence-corrected chi connectivity index (χ4v) is 3.68. The molecule has 4 unspecified atom stereocenters. The van der Waals surface area contributed by atoms with E-state index >= 15 is 0 Å². The van der Waals surface area contributed by atoms with E-state index in [2.05, 4.69) is 15.6 Å². The molecule has 1 fully saturated rings. The first-order valence-electron chi connectivity index (χ1n) is 11.9. The summed E-state index contributed by atoms with van der Waals surface area (Å²) in [5.41, 5.74) is -0.699. The molecular formula is C24H30N4O10. The molecule has 4 atom stereocenters. The Labute approximate surface area is 216 Å². The number of ether oxygens (including phenoxy) is 2. The summed E-state index contributed by atoms with van der Waals surface area (Å²) in [4.78, 5) is 52.0. The lowest BCUT2D eigenvalue weighted by molar-refractivity contribution is -0.143. The SMILES string of the molecule is O=C(CCCC(=O)OCCCNC(=O)c1ccccc1O)Nc1ccn(C2OC(CO)C(O)C2O)c(=O)n1. The van der Waals surface area contributed by atoms with Gasteiger partial charge in [-0.3, -0.25) is 19.0 Å². The van der Waals surface area contributed by atoms with Crippen LogP contribution in [0.25, 0.3) is 0 Å². The van der Waals surface area contributed by atoms with Crippen LogP contribution in [0, 0.1) is 0 Å². The van der Waals surface area contributed by atoms with Crippen molar-refractivity contribution in [1.29, 1.82) is 0 Å². The van der Waals surface area contributed by atoms with Crippen molar-refractivity contribution in [2.24, 2.45) is 0 Å². The fourth-order valence-electron chi connectivity index (χ4n) is 3.68. The summed E-state index contributed by atoms with van der Waals surface area (Å²) in [7, 11) is 0. The Kier molecular flexibility index (Phi) is 10.3. The first kappa shape index (κ1) is 28.7. The number of esters is 1. The van der Waals surface area contributed by atoms with E-state index < -0.39 is 54.6 Å². The van der Waals surface area contributed by atoms with Crippen LogP contribution >= 0.6 is 0 Å². The maximum atomic E-state index is 12.3. The number of nitrogens with zero attached hydrogens (tertiary/aromatic N) is 2. The van der Waals surface area contributed by atoms with Crippen LogP contribution in [0.3, 0.4) is 0 Å². The molecule has 1 aromatic carbocycles. The lowest BCUT2D eigenvalue weighted by atomic mass is 10.1. The number of rotatable bonds is 12. The van der Waals surface area contributed by atoms with Crippen molar-refractivity contribution in [3.8, 4) is 5.75 Å². The summed E-state index contributed by atoms with van der Waals surface area (Å²) in [5, 5.41) is 43.7. The highest BCUT2D eigenvalue weighted by Gasteiger charge is 2.43. The van der Waals surface area contributed by atoms with Gasteiger partial charge in [-0.2, -0.15) is 4.98 Å². The number of aliphatic hydroxyl groups excluding tert-OH is 3. The Morgan fingerprint density at radius 2 is 1.84 bits per heavy atom. The van der Waals surface area contributed by atoms with Crippen molar-refractivity contribution in [3.63, 3.8) is 0 Å². The quantitative estimate of drug-likeness (QED) is 0.144. The molecule has 2 amide bonds. The summed E-state index contributed by atoms with van der Waals surface area (Å²) < 4.78 is 11.3. The molecule has 1 aliphatic heterocycles. The van der Waals surface area contributed by atoms with Crippen LogP contribution in [0.5, 0.6) is 5.75 Å². The molecule has 1 aliphatic rings. The van der Waals surface area contributed by atoms with Gasteiger partial charge in [-0.25, -0.2) is 4.79 Å². The minimum absolute atomic E-state index is 0.0159. The zero-order valence-corrected chi connectivity index (χ0v) is 20.4. The Morgan fingerprint density at radius 1 is 1.08 bits per heavy atom. The Balaban J connectivity index is 1.32. The Hall–Kier alpha value is -3.85. The van der Waals surface area contributed by atoms with Gasteiger partial charge in [0.05, 0.1) is 18.8 Å².